The summed E-state index contributed by atoms with van der Waals surface area (Å²) in [5, 5.41) is 9.63. The highest BCUT2D eigenvalue weighted by Crippen LogP contribution is 2.19. The molecule has 0 aliphatic carbocycles. The molecule has 2 aromatic heterocycles. The minimum atomic E-state index is -0.979. The zero-order valence-electron chi connectivity index (χ0n) is 10.9. The molecular formula is C15H11ClN2O3. The van der Waals surface area contributed by atoms with Crippen molar-refractivity contribution in [3.63, 3.8) is 0 Å². The van der Waals surface area contributed by atoms with Crippen molar-refractivity contribution in [1.29, 1.82) is 0 Å². The normalized spacial score (nSPS) is 10.7. The number of imidazole rings is 1. The number of carbonyl (C=O) groups is 1. The third-order valence-corrected chi connectivity index (χ3v) is 3.25. The summed E-state index contributed by atoms with van der Waals surface area (Å²) in [6.07, 6.45) is 3.19. The van der Waals surface area contributed by atoms with Gasteiger partial charge in [-0.25, -0.2) is 9.78 Å². The predicted octanol–water partition coefficient (Wildman–Crippen LogP) is 3.26. The molecule has 2 heterocycles. The molecule has 0 amide bonds. The second-order valence-corrected chi connectivity index (χ2v) is 4.88. The molecule has 1 aromatic carbocycles. The van der Waals surface area contributed by atoms with E-state index < -0.39 is 5.97 Å². The van der Waals surface area contributed by atoms with Gasteiger partial charge >= 0.3 is 5.97 Å². The number of ether oxygens (including phenoxy) is 1. The monoisotopic (exact) mass is 302 g/mol. The van der Waals surface area contributed by atoms with Crippen LogP contribution in [0.5, 0.6) is 5.75 Å². The second-order valence-electron chi connectivity index (χ2n) is 4.45. The van der Waals surface area contributed by atoms with Gasteiger partial charge in [0.15, 0.2) is 0 Å². The Labute approximate surface area is 125 Å². The van der Waals surface area contributed by atoms with Gasteiger partial charge in [0.1, 0.15) is 18.0 Å². The number of halogens is 1. The van der Waals surface area contributed by atoms with Crippen LogP contribution in [0.1, 0.15) is 16.1 Å². The fourth-order valence-corrected chi connectivity index (χ4v) is 2.16. The molecule has 0 unspecified atom stereocenters. The molecule has 21 heavy (non-hydrogen) atoms. The second kappa shape index (κ2) is 5.46. The molecule has 1 N–H and O–H groups in total. The molecule has 0 atom stereocenters. The van der Waals surface area contributed by atoms with E-state index in [-0.39, 0.29) is 12.2 Å². The van der Waals surface area contributed by atoms with Crippen LogP contribution in [0, 0.1) is 0 Å². The molecule has 5 nitrogen and oxygen atoms in total. The Kier molecular flexibility index (Phi) is 3.50. The van der Waals surface area contributed by atoms with Crippen molar-refractivity contribution in [2.75, 3.05) is 0 Å². The van der Waals surface area contributed by atoms with E-state index in [2.05, 4.69) is 4.98 Å². The van der Waals surface area contributed by atoms with E-state index in [4.69, 9.17) is 21.4 Å². The van der Waals surface area contributed by atoms with Crippen molar-refractivity contribution in [2.24, 2.45) is 0 Å². The lowest BCUT2D eigenvalue weighted by atomic mass is 10.3. The SMILES string of the molecule is O=C(O)c1ccc2ncc(COc3cccc(Cl)c3)n2c1. The van der Waals surface area contributed by atoms with E-state index in [0.717, 1.165) is 5.69 Å². The summed E-state index contributed by atoms with van der Waals surface area (Å²) in [4.78, 5) is 15.2. The number of rotatable bonds is 4. The van der Waals surface area contributed by atoms with Crippen LogP contribution in [0.15, 0.2) is 48.8 Å². The molecular weight excluding hydrogens is 292 g/mol. The topological polar surface area (TPSA) is 63.8 Å². The Morgan fingerprint density at radius 1 is 1.33 bits per heavy atom. The average Bonchev–Trinajstić information content (AvgIpc) is 2.87. The summed E-state index contributed by atoms with van der Waals surface area (Å²) >= 11 is 5.89. The van der Waals surface area contributed by atoms with Gasteiger partial charge in [0.05, 0.1) is 17.5 Å². The lowest BCUT2D eigenvalue weighted by Gasteiger charge is -2.06. The van der Waals surface area contributed by atoms with Gasteiger partial charge in [-0.3, -0.25) is 4.40 Å². The first-order valence-electron chi connectivity index (χ1n) is 6.21. The largest absolute Gasteiger partial charge is 0.487 e. The maximum absolute atomic E-state index is 11.0. The molecule has 0 spiro atoms. The fourth-order valence-electron chi connectivity index (χ4n) is 1.98. The number of pyridine rings is 1. The number of hydrogen-bond acceptors (Lipinski definition) is 3. The summed E-state index contributed by atoms with van der Waals surface area (Å²) in [5.41, 5.74) is 1.63. The number of carboxylic acids is 1. The van der Waals surface area contributed by atoms with Crippen LogP contribution >= 0.6 is 11.6 Å². The highest BCUT2D eigenvalue weighted by molar-refractivity contribution is 6.30. The van der Waals surface area contributed by atoms with Crippen LogP contribution < -0.4 is 4.74 Å². The number of nitrogens with zero attached hydrogens (tertiary/aromatic N) is 2. The molecule has 0 fully saturated rings. The van der Waals surface area contributed by atoms with Crippen LogP contribution in [-0.4, -0.2) is 20.5 Å². The lowest BCUT2D eigenvalue weighted by Crippen LogP contribution is -2.03. The van der Waals surface area contributed by atoms with E-state index in [1.165, 1.54) is 12.3 Å². The van der Waals surface area contributed by atoms with E-state index in [9.17, 15) is 4.79 Å². The first-order chi connectivity index (χ1) is 10.1. The van der Waals surface area contributed by atoms with Crippen molar-refractivity contribution >= 4 is 23.2 Å². The molecule has 106 valence electrons. The van der Waals surface area contributed by atoms with Crippen molar-refractivity contribution < 1.29 is 14.6 Å². The Morgan fingerprint density at radius 2 is 2.19 bits per heavy atom. The van der Waals surface area contributed by atoms with Gasteiger partial charge in [0, 0.05) is 11.2 Å². The zero-order valence-corrected chi connectivity index (χ0v) is 11.6. The van der Waals surface area contributed by atoms with Crippen molar-refractivity contribution in [3.8, 4) is 5.75 Å². The lowest BCUT2D eigenvalue weighted by molar-refractivity contribution is 0.0696. The quantitative estimate of drug-likeness (QED) is 0.803. The van der Waals surface area contributed by atoms with Gasteiger partial charge in [-0.05, 0) is 30.3 Å². The van der Waals surface area contributed by atoms with E-state index in [1.54, 1.807) is 40.9 Å². The number of hydrogen-bond donors (Lipinski definition) is 1. The molecule has 0 radical (unpaired) electrons. The van der Waals surface area contributed by atoms with E-state index in [0.29, 0.717) is 16.4 Å². The Hall–Kier alpha value is -2.53. The number of aromatic carboxylic acids is 1. The van der Waals surface area contributed by atoms with Crippen LogP contribution in [0.2, 0.25) is 5.02 Å². The smallest absolute Gasteiger partial charge is 0.337 e. The molecule has 0 saturated carbocycles. The Balaban J connectivity index is 1.86. The molecule has 0 saturated heterocycles. The molecule has 0 bridgehead atoms. The third kappa shape index (κ3) is 2.83. The highest BCUT2D eigenvalue weighted by atomic mass is 35.5. The summed E-state index contributed by atoms with van der Waals surface area (Å²) in [6, 6.07) is 10.3. The van der Waals surface area contributed by atoms with Crippen molar-refractivity contribution in [2.45, 2.75) is 6.61 Å². The highest BCUT2D eigenvalue weighted by Gasteiger charge is 2.08. The minimum absolute atomic E-state index is 0.199. The zero-order chi connectivity index (χ0) is 14.8. The third-order valence-electron chi connectivity index (χ3n) is 3.01. The molecule has 3 rings (SSSR count). The van der Waals surface area contributed by atoms with Crippen LogP contribution in [-0.2, 0) is 6.61 Å². The Bertz CT molecular complexity index is 814. The molecule has 0 aliphatic heterocycles. The van der Waals surface area contributed by atoms with Gasteiger partial charge in [0.2, 0.25) is 0 Å². The fraction of sp³-hybridized carbons (Fsp3) is 0.0667. The van der Waals surface area contributed by atoms with Crippen LogP contribution in [0.4, 0.5) is 0 Å². The van der Waals surface area contributed by atoms with Crippen molar-refractivity contribution in [3.05, 3.63) is 65.1 Å². The summed E-state index contributed by atoms with van der Waals surface area (Å²) in [5.74, 6) is -0.334. The van der Waals surface area contributed by atoms with E-state index >= 15 is 0 Å². The standard InChI is InChI=1S/C15H11ClN2O3/c16-11-2-1-3-13(6-11)21-9-12-7-17-14-5-4-10(15(19)20)8-18(12)14/h1-8H,9H2,(H,19,20). The van der Waals surface area contributed by atoms with Gasteiger partial charge in [0.25, 0.3) is 0 Å². The number of carboxylic acid groups (broad SMARTS) is 1. The Morgan fingerprint density at radius 3 is 2.95 bits per heavy atom. The van der Waals surface area contributed by atoms with Gasteiger partial charge in [-0.1, -0.05) is 17.7 Å². The van der Waals surface area contributed by atoms with E-state index in [1.807, 2.05) is 0 Å². The summed E-state index contributed by atoms with van der Waals surface area (Å²) < 4.78 is 7.35. The summed E-state index contributed by atoms with van der Waals surface area (Å²) in [7, 11) is 0. The average molecular weight is 303 g/mol. The maximum atomic E-state index is 11.0. The van der Waals surface area contributed by atoms with Gasteiger partial charge in [-0.15, -0.1) is 0 Å². The van der Waals surface area contributed by atoms with Gasteiger partial charge < -0.3 is 9.84 Å². The first-order valence-corrected chi connectivity index (χ1v) is 6.59. The van der Waals surface area contributed by atoms with Crippen molar-refractivity contribution in [1.82, 2.24) is 9.38 Å². The maximum Gasteiger partial charge on any atom is 0.337 e. The number of fused-ring (bicyclic) bond motifs is 1. The molecule has 3 aromatic rings. The number of aromatic nitrogens is 2. The minimum Gasteiger partial charge on any atom is -0.487 e. The summed E-state index contributed by atoms with van der Waals surface area (Å²) in [6.45, 7) is 0.268. The molecule has 6 heteroatoms. The number of benzene rings is 1. The molecule has 0 aliphatic rings. The first kappa shape index (κ1) is 13.5. The van der Waals surface area contributed by atoms with Gasteiger partial charge in [-0.2, -0.15) is 0 Å². The van der Waals surface area contributed by atoms with Crippen LogP contribution in [0.25, 0.3) is 5.65 Å². The predicted molar refractivity (Wildman–Crippen MR) is 77.9 cm³/mol. The van der Waals surface area contributed by atoms with Crippen LogP contribution in [0.3, 0.4) is 0 Å².